The molecular formula is C18H18ClNO4. The number of halogens is 1. The van der Waals surface area contributed by atoms with Crippen molar-refractivity contribution in [3.05, 3.63) is 52.5 Å². The average Bonchev–Trinajstić information content (AvgIpc) is 2.62. The summed E-state index contributed by atoms with van der Waals surface area (Å²) in [7, 11) is 1.57. The zero-order chi connectivity index (χ0) is 16.9. The van der Waals surface area contributed by atoms with E-state index < -0.39 is 0 Å². The van der Waals surface area contributed by atoms with Crippen molar-refractivity contribution in [2.24, 2.45) is 0 Å². The molecule has 0 aliphatic carbocycles. The second-order valence-electron chi connectivity index (χ2n) is 5.34. The van der Waals surface area contributed by atoms with Crippen molar-refractivity contribution in [3.8, 4) is 17.2 Å². The maximum absolute atomic E-state index is 12.2. The van der Waals surface area contributed by atoms with Crippen LogP contribution in [0, 0.1) is 0 Å². The van der Waals surface area contributed by atoms with Crippen molar-refractivity contribution in [3.63, 3.8) is 0 Å². The van der Waals surface area contributed by atoms with Gasteiger partial charge in [0.2, 0.25) is 0 Å². The molecule has 1 amide bonds. The van der Waals surface area contributed by atoms with Gasteiger partial charge in [-0.05, 0) is 42.3 Å². The van der Waals surface area contributed by atoms with Gasteiger partial charge in [0.05, 0.1) is 12.1 Å². The Hall–Kier alpha value is -2.40. The van der Waals surface area contributed by atoms with E-state index in [-0.39, 0.29) is 5.91 Å². The Bertz CT molecular complexity index is 748. The molecular weight excluding hydrogens is 330 g/mol. The van der Waals surface area contributed by atoms with Gasteiger partial charge in [0.15, 0.2) is 11.5 Å². The minimum absolute atomic E-state index is 0.141. The number of carbonyl (C=O) groups is 1. The molecule has 0 fully saturated rings. The van der Waals surface area contributed by atoms with Crippen LogP contribution in [0.2, 0.25) is 5.02 Å². The van der Waals surface area contributed by atoms with Gasteiger partial charge < -0.3 is 19.5 Å². The minimum Gasteiger partial charge on any atom is -0.497 e. The van der Waals surface area contributed by atoms with Crippen molar-refractivity contribution < 1.29 is 19.0 Å². The zero-order valence-corrected chi connectivity index (χ0v) is 14.1. The van der Waals surface area contributed by atoms with E-state index in [1.165, 1.54) is 0 Å². The molecule has 1 N–H and O–H groups in total. The predicted molar refractivity (Wildman–Crippen MR) is 91.5 cm³/mol. The average molecular weight is 348 g/mol. The topological polar surface area (TPSA) is 56.8 Å². The second-order valence-corrected chi connectivity index (χ2v) is 5.75. The molecule has 0 bridgehead atoms. The molecule has 6 heteroatoms. The molecule has 24 heavy (non-hydrogen) atoms. The van der Waals surface area contributed by atoms with Gasteiger partial charge >= 0.3 is 0 Å². The summed E-state index contributed by atoms with van der Waals surface area (Å²) < 4.78 is 16.2. The van der Waals surface area contributed by atoms with E-state index in [2.05, 4.69) is 5.32 Å². The molecule has 0 unspecified atom stereocenters. The summed E-state index contributed by atoms with van der Waals surface area (Å²) in [5.41, 5.74) is 1.55. The van der Waals surface area contributed by atoms with Crippen LogP contribution in [0.3, 0.4) is 0 Å². The highest BCUT2D eigenvalue weighted by Crippen LogP contribution is 2.38. The molecule has 0 saturated heterocycles. The number of rotatable bonds is 5. The van der Waals surface area contributed by atoms with Gasteiger partial charge in [-0.2, -0.15) is 0 Å². The third-order valence-electron chi connectivity index (χ3n) is 3.69. The van der Waals surface area contributed by atoms with E-state index in [1.54, 1.807) is 31.4 Å². The maximum Gasteiger partial charge on any atom is 0.251 e. The summed E-state index contributed by atoms with van der Waals surface area (Å²) in [6.45, 7) is 1.51. The molecule has 126 valence electrons. The molecule has 0 spiro atoms. The lowest BCUT2D eigenvalue weighted by Crippen LogP contribution is -2.25. The Balaban J connectivity index is 1.60. The van der Waals surface area contributed by atoms with Crippen LogP contribution in [0.25, 0.3) is 0 Å². The minimum atomic E-state index is -0.141. The Kier molecular flexibility index (Phi) is 5.11. The maximum atomic E-state index is 12.2. The van der Waals surface area contributed by atoms with Gasteiger partial charge in [-0.1, -0.05) is 17.7 Å². The fraction of sp³-hybridized carbons (Fsp3) is 0.278. The highest BCUT2D eigenvalue weighted by atomic mass is 35.5. The Labute approximate surface area is 145 Å². The van der Waals surface area contributed by atoms with Crippen LogP contribution < -0.4 is 19.5 Å². The molecule has 1 aliphatic rings. The number of methoxy groups -OCH3 is 1. The molecule has 0 radical (unpaired) electrons. The van der Waals surface area contributed by atoms with Gasteiger partial charge in [0, 0.05) is 12.1 Å². The van der Waals surface area contributed by atoms with Gasteiger partial charge in [0.1, 0.15) is 19.0 Å². The van der Waals surface area contributed by atoms with E-state index >= 15 is 0 Å². The van der Waals surface area contributed by atoms with Crippen molar-refractivity contribution >= 4 is 17.5 Å². The van der Waals surface area contributed by atoms with Crippen LogP contribution in [0.4, 0.5) is 0 Å². The van der Waals surface area contributed by atoms with Crippen LogP contribution in [0.15, 0.2) is 36.4 Å². The second kappa shape index (κ2) is 7.45. The third-order valence-corrected chi connectivity index (χ3v) is 3.97. The summed E-state index contributed by atoms with van der Waals surface area (Å²) in [5.74, 6) is 1.76. The van der Waals surface area contributed by atoms with E-state index in [1.807, 2.05) is 12.1 Å². The van der Waals surface area contributed by atoms with Gasteiger partial charge in [-0.15, -0.1) is 0 Å². The summed E-state index contributed by atoms with van der Waals surface area (Å²) >= 11 is 6.21. The van der Waals surface area contributed by atoms with Gasteiger partial charge in [0.25, 0.3) is 5.91 Å². The highest BCUT2D eigenvalue weighted by molar-refractivity contribution is 6.32. The van der Waals surface area contributed by atoms with Crippen LogP contribution in [-0.4, -0.2) is 32.8 Å². The van der Waals surface area contributed by atoms with Crippen molar-refractivity contribution in [1.82, 2.24) is 5.32 Å². The summed E-state index contributed by atoms with van der Waals surface area (Å²) in [5, 5.41) is 3.42. The number of hydrogen-bond acceptors (Lipinski definition) is 4. The first-order valence-corrected chi connectivity index (χ1v) is 8.05. The third kappa shape index (κ3) is 3.74. The quantitative estimate of drug-likeness (QED) is 0.903. The Morgan fingerprint density at radius 1 is 1.25 bits per heavy atom. The highest BCUT2D eigenvalue weighted by Gasteiger charge is 2.16. The summed E-state index contributed by atoms with van der Waals surface area (Å²) in [6, 6.07) is 10.8. The van der Waals surface area contributed by atoms with Gasteiger partial charge in [-0.25, -0.2) is 0 Å². The summed E-state index contributed by atoms with van der Waals surface area (Å²) in [4.78, 5) is 12.2. The van der Waals surface area contributed by atoms with Crippen molar-refractivity contribution in [2.75, 3.05) is 26.9 Å². The molecule has 2 aromatic carbocycles. The molecule has 1 aliphatic heterocycles. The lowest BCUT2D eigenvalue weighted by molar-refractivity contribution is 0.0954. The number of ether oxygens (including phenoxy) is 3. The molecule has 0 saturated carbocycles. The first-order chi connectivity index (χ1) is 11.7. The van der Waals surface area contributed by atoms with Crippen LogP contribution in [-0.2, 0) is 6.42 Å². The largest absolute Gasteiger partial charge is 0.497 e. The fourth-order valence-electron chi connectivity index (χ4n) is 2.50. The number of carbonyl (C=O) groups excluding carboxylic acids is 1. The number of fused-ring (bicyclic) bond motifs is 1. The van der Waals surface area contributed by atoms with Crippen molar-refractivity contribution in [1.29, 1.82) is 0 Å². The normalized spacial score (nSPS) is 12.6. The zero-order valence-electron chi connectivity index (χ0n) is 13.3. The van der Waals surface area contributed by atoms with E-state index in [4.69, 9.17) is 25.8 Å². The number of benzene rings is 2. The fourth-order valence-corrected chi connectivity index (χ4v) is 2.78. The lowest BCUT2D eigenvalue weighted by atomic mass is 10.1. The predicted octanol–water partition coefficient (Wildman–Crippen LogP) is 3.09. The Morgan fingerprint density at radius 2 is 2.08 bits per heavy atom. The smallest absolute Gasteiger partial charge is 0.251 e. The SMILES string of the molecule is COc1cccc(C(=O)NCCc2cc(Cl)c3c(c2)OCCO3)c1. The Morgan fingerprint density at radius 3 is 2.92 bits per heavy atom. The summed E-state index contributed by atoms with van der Waals surface area (Å²) in [6.07, 6.45) is 0.645. The molecule has 1 heterocycles. The van der Waals surface area contributed by atoms with Crippen LogP contribution in [0.1, 0.15) is 15.9 Å². The van der Waals surface area contributed by atoms with Crippen LogP contribution >= 0.6 is 11.6 Å². The van der Waals surface area contributed by atoms with Crippen molar-refractivity contribution in [2.45, 2.75) is 6.42 Å². The molecule has 5 nitrogen and oxygen atoms in total. The standard InChI is InChI=1S/C18H18ClNO4/c1-22-14-4-2-3-13(11-14)18(21)20-6-5-12-9-15(19)17-16(10-12)23-7-8-24-17/h2-4,9-11H,5-8H2,1H3,(H,20,21). The molecule has 2 aromatic rings. The molecule has 3 rings (SSSR count). The molecule has 0 aromatic heterocycles. The monoisotopic (exact) mass is 347 g/mol. The van der Waals surface area contributed by atoms with Crippen LogP contribution in [0.5, 0.6) is 17.2 Å². The van der Waals surface area contributed by atoms with E-state index in [0.717, 1.165) is 5.56 Å². The van der Waals surface area contributed by atoms with Gasteiger partial charge in [-0.3, -0.25) is 4.79 Å². The number of amides is 1. The first kappa shape index (κ1) is 16.5. The van der Waals surface area contributed by atoms with E-state index in [9.17, 15) is 4.79 Å². The number of hydrogen-bond donors (Lipinski definition) is 1. The first-order valence-electron chi connectivity index (χ1n) is 7.67. The number of nitrogens with one attached hydrogen (secondary N) is 1. The lowest BCUT2D eigenvalue weighted by Gasteiger charge is -2.20. The molecule has 0 atom stereocenters. The van der Waals surface area contributed by atoms with E-state index in [0.29, 0.717) is 54.0 Å².